The Balaban J connectivity index is 2.93. The maximum absolute atomic E-state index is 5.96. The van der Waals surface area contributed by atoms with Crippen molar-refractivity contribution in [2.24, 2.45) is 21.7 Å². The van der Waals surface area contributed by atoms with Gasteiger partial charge in [0.15, 0.2) is 5.62 Å². The second kappa shape index (κ2) is 4.61. The quantitative estimate of drug-likeness (QED) is 0.407. The highest BCUT2D eigenvalue weighted by Crippen LogP contribution is 2.10. The molecule has 0 aromatic heterocycles. The topological polar surface area (TPSA) is 66.0 Å². The third-order valence-electron chi connectivity index (χ3n) is 1.80. The number of hydrogen-bond acceptors (Lipinski definition) is 3. The average Bonchev–Trinajstić information content (AvgIpc) is 2.11. The predicted octanol–water partition coefficient (Wildman–Crippen LogP) is 0.718. The Morgan fingerprint density at radius 1 is 1.71 bits per heavy atom. The third kappa shape index (κ3) is 2.36. The van der Waals surface area contributed by atoms with Gasteiger partial charge in [0, 0.05) is 12.5 Å². The van der Waals surface area contributed by atoms with Crippen LogP contribution >= 0.6 is 11.6 Å². The van der Waals surface area contributed by atoms with Crippen LogP contribution in [-0.4, -0.2) is 29.0 Å². The van der Waals surface area contributed by atoms with Gasteiger partial charge >= 0.3 is 0 Å². The summed E-state index contributed by atoms with van der Waals surface area (Å²) in [5.74, 6) is 7.26. The highest BCUT2D eigenvalue weighted by molar-refractivity contribution is 6.23. The molecule has 1 unspecified atom stereocenters. The summed E-state index contributed by atoms with van der Waals surface area (Å²) in [5, 5.41) is 4.30. The Morgan fingerprint density at radius 2 is 2.36 bits per heavy atom. The molecule has 1 aliphatic rings. The highest BCUT2D eigenvalue weighted by Gasteiger charge is 2.25. The molecule has 5 nitrogen and oxygen atoms in total. The standard InChI is InChI=1S/C8H16ClN5/c1-4-11-8-12-6(5(2)3)14(10)7(9)13-8/h5,7H,4,10H2,1-3H3,(H,11,13). The first-order valence-corrected chi connectivity index (χ1v) is 5.07. The molecule has 1 atom stereocenters. The normalized spacial score (nSPS) is 25.3. The summed E-state index contributed by atoms with van der Waals surface area (Å²) in [7, 11) is 0. The Morgan fingerprint density at radius 3 is 2.86 bits per heavy atom. The van der Waals surface area contributed by atoms with Crippen LogP contribution in [0.2, 0.25) is 0 Å². The molecule has 0 radical (unpaired) electrons. The molecule has 80 valence electrons. The van der Waals surface area contributed by atoms with E-state index in [0.29, 0.717) is 12.5 Å². The molecule has 1 rings (SSSR count). The first kappa shape index (κ1) is 11.3. The van der Waals surface area contributed by atoms with Gasteiger partial charge in [0.2, 0.25) is 5.96 Å². The molecule has 0 fully saturated rings. The van der Waals surface area contributed by atoms with E-state index in [1.165, 1.54) is 5.01 Å². The van der Waals surface area contributed by atoms with Gasteiger partial charge in [-0.15, -0.1) is 0 Å². The fraction of sp³-hybridized carbons (Fsp3) is 0.750. The zero-order valence-corrected chi connectivity index (χ0v) is 9.41. The summed E-state index contributed by atoms with van der Waals surface area (Å²) in [6, 6.07) is 0. The smallest absolute Gasteiger partial charge is 0.222 e. The van der Waals surface area contributed by atoms with E-state index in [2.05, 4.69) is 15.3 Å². The summed E-state index contributed by atoms with van der Waals surface area (Å²) in [6.45, 7) is 6.64. The van der Waals surface area contributed by atoms with E-state index in [1.54, 1.807) is 0 Å². The number of hydrazine groups is 1. The molecule has 1 heterocycles. The van der Waals surface area contributed by atoms with E-state index in [-0.39, 0.29) is 5.92 Å². The maximum atomic E-state index is 5.96. The van der Waals surface area contributed by atoms with Crippen molar-refractivity contribution >= 4 is 23.4 Å². The van der Waals surface area contributed by atoms with Crippen molar-refractivity contribution in [3.63, 3.8) is 0 Å². The number of hydrogen-bond donors (Lipinski definition) is 2. The molecule has 0 aromatic rings. The van der Waals surface area contributed by atoms with Crippen molar-refractivity contribution in [3.05, 3.63) is 0 Å². The minimum atomic E-state index is -0.477. The van der Waals surface area contributed by atoms with E-state index in [4.69, 9.17) is 17.4 Å². The molecular formula is C8H16ClN5. The third-order valence-corrected chi connectivity index (χ3v) is 2.12. The van der Waals surface area contributed by atoms with E-state index in [9.17, 15) is 0 Å². The number of aliphatic imine (C=N–C) groups is 2. The van der Waals surface area contributed by atoms with E-state index >= 15 is 0 Å². The Hall–Kier alpha value is -0.810. The molecule has 0 spiro atoms. The minimum Gasteiger partial charge on any atom is -0.320 e. The lowest BCUT2D eigenvalue weighted by atomic mass is 10.2. The zero-order chi connectivity index (χ0) is 10.7. The van der Waals surface area contributed by atoms with Crippen LogP contribution in [0, 0.1) is 5.92 Å². The van der Waals surface area contributed by atoms with Gasteiger partial charge in [-0.25, -0.2) is 5.84 Å². The molecule has 6 heteroatoms. The molecular weight excluding hydrogens is 202 g/mol. The minimum absolute atomic E-state index is 0.227. The van der Waals surface area contributed by atoms with Crippen molar-refractivity contribution < 1.29 is 0 Å². The lowest BCUT2D eigenvalue weighted by Crippen LogP contribution is -2.56. The van der Waals surface area contributed by atoms with Crippen LogP contribution in [0.5, 0.6) is 0 Å². The van der Waals surface area contributed by atoms with Gasteiger partial charge in [-0.05, 0) is 6.92 Å². The van der Waals surface area contributed by atoms with Crippen molar-refractivity contribution in [1.82, 2.24) is 10.3 Å². The summed E-state index contributed by atoms with van der Waals surface area (Å²) >= 11 is 5.96. The van der Waals surface area contributed by atoms with Crippen molar-refractivity contribution in [2.75, 3.05) is 6.54 Å². The SMILES string of the molecule is CCN=C1N=C(C(C)C)N(N)C(Cl)N1. The van der Waals surface area contributed by atoms with Crippen LogP contribution in [0.15, 0.2) is 9.98 Å². The van der Waals surface area contributed by atoms with Crippen molar-refractivity contribution in [1.29, 1.82) is 0 Å². The number of alkyl halides is 1. The monoisotopic (exact) mass is 217 g/mol. The summed E-state index contributed by atoms with van der Waals surface area (Å²) < 4.78 is 0. The number of nitrogens with one attached hydrogen (secondary N) is 1. The predicted molar refractivity (Wildman–Crippen MR) is 59.1 cm³/mol. The van der Waals surface area contributed by atoms with Crippen molar-refractivity contribution in [3.8, 4) is 0 Å². The van der Waals surface area contributed by atoms with E-state index in [1.807, 2.05) is 20.8 Å². The van der Waals surface area contributed by atoms with Gasteiger partial charge in [0.05, 0.1) is 0 Å². The fourth-order valence-corrected chi connectivity index (χ4v) is 1.35. The first-order valence-electron chi connectivity index (χ1n) is 4.63. The number of nitrogens with zero attached hydrogens (tertiary/aromatic N) is 3. The molecule has 0 saturated carbocycles. The van der Waals surface area contributed by atoms with Gasteiger partial charge < -0.3 is 5.32 Å². The van der Waals surface area contributed by atoms with Crippen LogP contribution < -0.4 is 11.2 Å². The van der Waals surface area contributed by atoms with Gasteiger partial charge in [-0.3, -0.25) is 10.0 Å². The van der Waals surface area contributed by atoms with Gasteiger partial charge in [-0.1, -0.05) is 25.4 Å². The lowest BCUT2D eigenvalue weighted by Gasteiger charge is -2.32. The maximum Gasteiger partial charge on any atom is 0.222 e. The molecule has 14 heavy (non-hydrogen) atoms. The molecule has 3 N–H and O–H groups in total. The molecule has 0 amide bonds. The van der Waals surface area contributed by atoms with Crippen LogP contribution in [-0.2, 0) is 0 Å². The van der Waals surface area contributed by atoms with Gasteiger partial charge in [-0.2, -0.15) is 4.99 Å². The Bertz CT molecular complexity index is 260. The summed E-state index contributed by atoms with van der Waals surface area (Å²) in [4.78, 5) is 8.43. The fourth-order valence-electron chi connectivity index (χ4n) is 1.15. The highest BCUT2D eigenvalue weighted by atomic mass is 35.5. The van der Waals surface area contributed by atoms with Crippen LogP contribution in [0.1, 0.15) is 20.8 Å². The van der Waals surface area contributed by atoms with E-state index < -0.39 is 5.62 Å². The molecule has 1 aliphatic heterocycles. The van der Waals surface area contributed by atoms with Crippen LogP contribution in [0.4, 0.5) is 0 Å². The number of guanidine groups is 1. The molecule has 0 aromatic carbocycles. The zero-order valence-electron chi connectivity index (χ0n) is 8.66. The number of rotatable bonds is 2. The second-order valence-corrected chi connectivity index (χ2v) is 3.72. The molecule has 0 bridgehead atoms. The average molecular weight is 218 g/mol. The second-order valence-electron chi connectivity index (χ2n) is 3.31. The van der Waals surface area contributed by atoms with Gasteiger partial charge in [0.25, 0.3) is 0 Å². The van der Waals surface area contributed by atoms with Crippen molar-refractivity contribution in [2.45, 2.75) is 26.4 Å². The molecule has 0 saturated heterocycles. The summed E-state index contributed by atoms with van der Waals surface area (Å²) in [6.07, 6.45) is 0. The molecule has 0 aliphatic carbocycles. The number of halogens is 1. The van der Waals surface area contributed by atoms with Gasteiger partial charge in [0.1, 0.15) is 5.84 Å². The largest absolute Gasteiger partial charge is 0.320 e. The first-order chi connectivity index (χ1) is 6.56. The number of amidine groups is 1. The number of nitrogens with two attached hydrogens (primary N) is 1. The van der Waals surface area contributed by atoms with E-state index in [0.717, 1.165) is 5.84 Å². The van der Waals surface area contributed by atoms with Crippen LogP contribution in [0.3, 0.4) is 0 Å². The van der Waals surface area contributed by atoms with Crippen LogP contribution in [0.25, 0.3) is 0 Å². The Kier molecular flexibility index (Phi) is 3.71. The summed E-state index contributed by atoms with van der Waals surface area (Å²) in [5.41, 5.74) is -0.477. The Labute approximate surface area is 89.0 Å². The lowest BCUT2D eigenvalue weighted by molar-refractivity contribution is 0.360.